The Morgan fingerprint density at radius 2 is 1.97 bits per heavy atom. The highest BCUT2D eigenvalue weighted by atomic mass is 19.4. The van der Waals surface area contributed by atoms with Gasteiger partial charge in [0, 0.05) is 17.9 Å². The lowest BCUT2D eigenvalue weighted by atomic mass is 9.67. The highest BCUT2D eigenvalue weighted by molar-refractivity contribution is 6.38. The summed E-state index contributed by atoms with van der Waals surface area (Å²) in [6, 6.07) is 6.25. The minimum atomic E-state index is -4.57. The molecule has 0 bridgehead atoms. The summed E-state index contributed by atoms with van der Waals surface area (Å²) in [4.78, 5) is 14.8. The fraction of sp³-hybridized carbons (Fsp3) is 0.545. The predicted octanol–water partition coefficient (Wildman–Crippen LogP) is 3.84. The van der Waals surface area contributed by atoms with Gasteiger partial charge in [-0.05, 0) is 62.8 Å². The topological polar surface area (TPSA) is 47.4 Å². The summed E-state index contributed by atoms with van der Waals surface area (Å²) in [7, 11) is 11.5. The third kappa shape index (κ3) is 4.84. The summed E-state index contributed by atoms with van der Waals surface area (Å²) >= 11 is 0. The maximum Gasteiger partial charge on any atom is 0.433 e. The zero-order valence-electron chi connectivity index (χ0n) is 18.2. The Morgan fingerprint density at radius 3 is 2.59 bits per heavy atom. The quantitative estimate of drug-likeness (QED) is 0.641. The van der Waals surface area contributed by atoms with E-state index in [2.05, 4.69) is 5.10 Å². The van der Waals surface area contributed by atoms with E-state index < -0.39 is 29.7 Å². The number of benzene rings is 1. The fourth-order valence-corrected chi connectivity index (χ4v) is 4.31. The molecule has 0 spiro atoms. The Bertz CT molecular complexity index is 1010. The molecule has 1 aliphatic carbocycles. The highest BCUT2D eigenvalue weighted by Crippen LogP contribution is 2.42. The number of alkyl halides is 3. The van der Waals surface area contributed by atoms with Gasteiger partial charge in [0.05, 0.1) is 11.7 Å². The van der Waals surface area contributed by atoms with Crippen LogP contribution >= 0.6 is 0 Å². The molecule has 1 atom stereocenters. The highest BCUT2D eigenvalue weighted by Gasteiger charge is 2.40. The van der Waals surface area contributed by atoms with Crippen LogP contribution in [0.4, 0.5) is 13.2 Å². The van der Waals surface area contributed by atoms with Crippen molar-refractivity contribution >= 4 is 21.6 Å². The van der Waals surface area contributed by atoms with E-state index in [9.17, 15) is 18.0 Å². The van der Waals surface area contributed by atoms with Crippen LogP contribution in [0.25, 0.3) is 0 Å². The third-order valence-corrected chi connectivity index (χ3v) is 5.96. The van der Waals surface area contributed by atoms with Crippen molar-refractivity contribution in [2.45, 2.75) is 69.6 Å². The molecule has 1 amide bonds. The molecule has 166 valence electrons. The summed E-state index contributed by atoms with van der Waals surface area (Å²) in [5.74, 6) is 0.180. The zero-order chi connectivity index (χ0) is 23.3. The van der Waals surface area contributed by atoms with Crippen LogP contribution in [-0.4, -0.2) is 48.2 Å². The van der Waals surface area contributed by atoms with Gasteiger partial charge in [-0.25, -0.2) is 0 Å². The number of hydrogen-bond acceptors (Lipinski definition) is 3. The first-order chi connectivity index (χ1) is 14.9. The Kier molecular flexibility index (Phi) is 5.84. The lowest BCUT2D eigenvalue weighted by molar-refractivity contribution is -0.146. The summed E-state index contributed by atoms with van der Waals surface area (Å²) in [6.45, 7) is 3.41. The van der Waals surface area contributed by atoms with Crippen molar-refractivity contribution in [2.24, 2.45) is 0 Å². The van der Waals surface area contributed by atoms with E-state index in [0.717, 1.165) is 41.1 Å². The molecule has 10 heteroatoms. The van der Waals surface area contributed by atoms with Crippen LogP contribution in [0.1, 0.15) is 67.1 Å². The molecular formula is C22H24B2F3N3O2. The van der Waals surface area contributed by atoms with Crippen molar-refractivity contribution in [3.8, 4) is 5.75 Å². The van der Waals surface area contributed by atoms with Gasteiger partial charge in [-0.15, -0.1) is 0 Å². The Labute approximate surface area is 188 Å². The van der Waals surface area contributed by atoms with Crippen molar-refractivity contribution in [1.82, 2.24) is 14.7 Å². The summed E-state index contributed by atoms with van der Waals surface area (Å²) in [5.41, 5.74) is 1.20. The van der Waals surface area contributed by atoms with E-state index in [0.29, 0.717) is 24.4 Å². The monoisotopic (exact) mass is 441 g/mol. The molecule has 2 aliphatic rings. The van der Waals surface area contributed by atoms with Crippen molar-refractivity contribution in [1.29, 1.82) is 0 Å². The third-order valence-electron chi connectivity index (χ3n) is 5.96. The minimum Gasteiger partial charge on any atom is -0.507 e. The standard InChI is InChI=1S/C22H24B2F3N3O2/c1-13-15(5-3-7-18(13)32-21(2,23)24)17-6-4-10-29(17)20(31)12-30-19(22(25,26)27)11-16(28-30)14-8-9-14/h3,5,7,11,14,17H,4,6,8-10,12H2,1-2H3. The molecule has 1 unspecified atom stereocenters. The molecule has 1 aromatic heterocycles. The number of rotatable bonds is 6. The van der Waals surface area contributed by atoms with E-state index >= 15 is 0 Å². The molecule has 1 saturated carbocycles. The molecule has 1 aromatic carbocycles. The first-order valence-electron chi connectivity index (χ1n) is 10.7. The predicted molar refractivity (Wildman–Crippen MR) is 115 cm³/mol. The number of amides is 1. The second kappa shape index (κ2) is 8.19. The molecule has 4 radical (unpaired) electrons. The lowest BCUT2D eigenvalue weighted by Crippen LogP contribution is -2.35. The number of halogens is 3. The molecule has 1 saturated heterocycles. The summed E-state index contributed by atoms with van der Waals surface area (Å²) in [5, 5.41) is 2.76. The molecular weight excluding hydrogens is 417 g/mol. The van der Waals surface area contributed by atoms with Gasteiger partial charge in [0.1, 0.15) is 33.7 Å². The van der Waals surface area contributed by atoms with Crippen LogP contribution in [-0.2, 0) is 17.5 Å². The average Bonchev–Trinajstić information content (AvgIpc) is 3.24. The number of ether oxygens (including phenoxy) is 1. The molecule has 0 N–H and O–H groups in total. The number of carbonyl (C=O) groups is 1. The van der Waals surface area contributed by atoms with Gasteiger partial charge in [0.2, 0.25) is 5.91 Å². The molecule has 5 nitrogen and oxygen atoms in total. The summed E-state index contributed by atoms with van der Waals surface area (Å²) < 4.78 is 47.0. The second-order valence-corrected chi connectivity index (χ2v) is 8.89. The van der Waals surface area contributed by atoms with Crippen molar-refractivity contribution < 1.29 is 22.7 Å². The van der Waals surface area contributed by atoms with E-state index in [-0.39, 0.29) is 12.0 Å². The van der Waals surface area contributed by atoms with Gasteiger partial charge in [0.25, 0.3) is 0 Å². The van der Waals surface area contributed by atoms with Crippen LogP contribution < -0.4 is 4.74 Å². The van der Waals surface area contributed by atoms with Crippen LogP contribution in [0.2, 0.25) is 0 Å². The van der Waals surface area contributed by atoms with Crippen LogP contribution in [0.15, 0.2) is 24.3 Å². The average molecular weight is 441 g/mol. The Balaban J connectivity index is 1.57. The first-order valence-corrected chi connectivity index (χ1v) is 10.7. The Morgan fingerprint density at radius 1 is 1.25 bits per heavy atom. The van der Waals surface area contributed by atoms with Crippen LogP contribution in [0.5, 0.6) is 5.75 Å². The van der Waals surface area contributed by atoms with E-state index in [1.807, 2.05) is 13.0 Å². The molecule has 2 fully saturated rings. The lowest BCUT2D eigenvalue weighted by Gasteiger charge is -2.29. The van der Waals surface area contributed by atoms with Crippen molar-refractivity contribution in [3.05, 3.63) is 46.8 Å². The largest absolute Gasteiger partial charge is 0.507 e. The van der Waals surface area contributed by atoms with E-state index in [1.165, 1.54) is 6.92 Å². The van der Waals surface area contributed by atoms with Gasteiger partial charge in [0.15, 0.2) is 0 Å². The number of hydrogen-bond donors (Lipinski definition) is 0. The van der Waals surface area contributed by atoms with Gasteiger partial charge < -0.3 is 9.64 Å². The van der Waals surface area contributed by atoms with Crippen molar-refractivity contribution in [3.63, 3.8) is 0 Å². The number of likely N-dealkylation sites (tertiary alicyclic amines) is 1. The smallest absolute Gasteiger partial charge is 0.433 e. The maximum atomic E-state index is 13.5. The second-order valence-electron chi connectivity index (χ2n) is 8.89. The van der Waals surface area contributed by atoms with Gasteiger partial charge in [-0.3, -0.25) is 9.48 Å². The van der Waals surface area contributed by atoms with Crippen LogP contribution in [0, 0.1) is 6.92 Å². The number of carbonyl (C=O) groups excluding carboxylic acids is 1. The molecule has 2 aromatic rings. The van der Waals surface area contributed by atoms with Crippen LogP contribution in [0.3, 0.4) is 0 Å². The minimum absolute atomic E-state index is 0.0631. The maximum absolute atomic E-state index is 13.5. The molecule has 2 heterocycles. The fourth-order valence-electron chi connectivity index (χ4n) is 4.31. The molecule has 4 rings (SSSR count). The Hall–Kier alpha value is -2.38. The van der Waals surface area contributed by atoms with Gasteiger partial charge >= 0.3 is 6.18 Å². The first kappa shape index (κ1) is 22.8. The number of nitrogens with zero attached hydrogens (tertiary/aromatic N) is 3. The zero-order valence-corrected chi connectivity index (χ0v) is 18.2. The van der Waals surface area contributed by atoms with Crippen molar-refractivity contribution in [2.75, 3.05) is 6.54 Å². The normalized spacial score (nSPS) is 19.4. The van der Waals surface area contributed by atoms with E-state index in [1.54, 1.807) is 17.0 Å². The summed E-state index contributed by atoms with van der Waals surface area (Å²) in [6.07, 6.45) is -1.44. The molecule has 1 aliphatic heterocycles. The van der Waals surface area contributed by atoms with Gasteiger partial charge in [-0.1, -0.05) is 12.1 Å². The van der Waals surface area contributed by atoms with E-state index in [4.69, 9.17) is 20.4 Å². The number of aromatic nitrogens is 2. The molecule has 32 heavy (non-hydrogen) atoms. The SMILES string of the molecule is [B]C([B])(C)Oc1cccc(C2CCCN2C(=O)Cn2nc(C3CC3)cc2C(F)(F)F)c1C. The van der Waals surface area contributed by atoms with Gasteiger partial charge in [-0.2, -0.15) is 18.3 Å².